The lowest BCUT2D eigenvalue weighted by Gasteiger charge is -2.29. The van der Waals surface area contributed by atoms with Gasteiger partial charge in [-0.25, -0.2) is 8.42 Å². The highest BCUT2D eigenvalue weighted by atomic mass is 32.2. The fourth-order valence-corrected chi connectivity index (χ4v) is 6.99. The molecule has 1 amide bonds. The Bertz CT molecular complexity index is 1550. The van der Waals surface area contributed by atoms with Gasteiger partial charge in [0.15, 0.2) is 0 Å². The molecule has 1 unspecified atom stereocenters. The smallest absolute Gasteiger partial charge is 0.324 e. The number of ether oxygens (including phenoxy) is 2. The van der Waals surface area contributed by atoms with E-state index < -0.39 is 40.5 Å². The average molecular weight is 635 g/mol. The molecule has 2 aromatic heterocycles. The van der Waals surface area contributed by atoms with Gasteiger partial charge in [0.2, 0.25) is 15.9 Å². The van der Waals surface area contributed by atoms with Crippen LogP contribution < -0.4 is 10.1 Å². The zero-order valence-corrected chi connectivity index (χ0v) is 26.0. The van der Waals surface area contributed by atoms with E-state index in [-0.39, 0.29) is 11.3 Å². The minimum Gasteiger partial charge on any atom is -0.497 e. The van der Waals surface area contributed by atoms with E-state index in [2.05, 4.69) is 15.3 Å². The Labute approximate surface area is 261 Å². The molecule has 2 heterocycles. The number of nitrogens with zero attached hydrogens (tertiary/aromatic N) is 3. The summed E-state index contributed by atoms with van der Waals surface area (Å²) in [7, 11) is -1.68. The summed E-state index contributed by atoms with van der Waals surface area (Å²) in [5.41, 5.74) is 2.14. The molecule has 4 rings (SSSR count). The lowest BCUT2D eigenvalue weighted by molar-refractivity contribution is -0.145. The second-order valence-corrected chi connectivity index (χ2v) is 12.6. The molecule has 44 heavy (non-hydrogen) atoms. The van der Waals surface area contributed by atoms with E-state index in [1.54, 1.807) is 60.6 Å². The zero-order chi connectivity index (χ0) is 31.4. The van der Waals surface area contributed by atoms with Crippen LogP contribution in [-0.2, 0) is 30.1 Å². The van der Waals surface area contributed by atoms with Gasteiger partial charge in [-0.15, -0.1) is 0 Å². The molecule has 0 saturated heterocycles. The van der Waals surface area contributed by atoms with Crippen molar-refractivity contribution in [3.05, 3.63) is 120 Å². The first-order valence-corrected chi connectivity index (χ1v) is 16.4. The number of nitrogens with one attached hydrogen (secondary N) is 1. The quantitative estimate of drug-likeness (QED) is 0.151. The van der Waals surface area contributed by atoms with Crippen LogP contribution in [0.2, 0.25) is 0 Å². The number of thioether (sulfide) groups is 1. The largest absolute Gasteiger partial charge is 0.497 e. The van der Waals surface area contributed by atoms with Gasteiger partial charge in [-0.05, 0) is 66.3 Å². The number of carbonyl (C=O) groups excluding carboxylic acids is 2. The van der Waals surface area contributed by atoms with Crippen LogP contribution in [-0.4, -0.2) is 67.1 Å². The number of hydrogen-bond acceptors (Lipinski definition) is 9. The van der Waals surface area contributed by atoms with Crippen molar-refractivity contribution >= 4 is 33.7 Å². The Morgan fingerprint density at radius 3 is 2.02 bits per heavy atom. The third-order valence-corrected chi connectivity index (χ3v) is 9.64. The molecule has 1 N–H and O–H groups in total. The number of sulfonamides is 1. The average Bonchev–Trinajstić information content (AvgIpc) is 3.07. The van der Waals surface area contributed by atoms with Crippen molar-refractivity contribution in [2.75, 3.05) is 26.5 Å². The van der Waals surface area contributed by atoms with E-state index in [1.165, 1.54) is 38.5 Å². The first-order chi connectivity index (χ1) is 21.3. The van der Waals surface area contributed by atoms with Crippen LogP contribution in [0.5, 0.6) is 5.75 Å². The van der Waals surface area contributed by atoms with Gasteiger partial charge in [0.1, 0.15) is 17.8 Å². The van der Waals surface area contributed by atoms with Crippen LogP contribution in [0.3, 0.4) is 0 Å². The molecule has 0 aliphatic rings. The molecule has 4 aromatic rings. The summed E-state index contributed by atoms with van der Waals surface area (Å²) >= 11 is 1.55. The monoisotopic (exact) mass is 634 g/mol. The van der Waals surface area contributed by atoms with Crippen LogP contribution in [0.25, 0.3) is 0 Å². The van der Waals surface area contributed by atoms with Gasteiger partial charge in [-0.2, -0.15) is 16.1 Å². The standard InChI is InChI=1S/C32H34N4O6S2/c1-41-25-14-16-26(17-15-25)44(39,40)36(29(32(38)42-2)18-21-43-23-24-10-4-3-5-11-24)22-30(37)35-31(27-12-6-8-19-33-27)28-13-7-9-20-34-28/h3-17,19-20,29,31H,18,21-23H2,1-2H3,(H,35,37). The van der Waals surface area contributed by atoms with Gasteiger partial charge in [0.25, 0.3) is 0 Å². The summed E-state index contributed by atoms with van der Waals surface area (Å²) < 4.78 is 39.3. The predicted molar refractivity (Wildman–Crippen MR) is 168 cm³/mol. The highest BCUT2D eigenvalue weighted by molar-refractivity contribution is 7.98. The van der Waals surface area contributed by atoms with Gasteiger partial charge < -0.3 is 14.8 Å². The van der Waals surface area contributed by atoms with Gasteiger partial charge in [0.05, 0.1) is 37.0 Å². The predicted octanol–water partition coefficient (Wildman–Crippen LogP) is 4.25. The molecule has 0 bridgehead atoms. The summed E-state index contributed by atoms with van der Waals surface area (Å²) in [6, 6.07) is 24.1. The van der Waals surface area contributed by atoms with Crippen molar-refractivity contribution in [1.29, 1.82) is 0 Å². The molecule has 0 aliphatic carbocycles. The van der Waals surface area contributed by atoms with Crippen LogP contribution in [0.1, 0.15) is 29.4 Å². The Hall–Kier alpha value is -4.26. The second kappa shape index (κ2) is 16.0. The van der Waals surface area contributed by atoms with E-state index in [1.807, 2.05) is 30.3 Å². The molecule has 0 fully saturated rings. The van der Waals surface area contributed by atoms with Crippen molar-refractivity contribution in [3.63, 3.8) is 0 Å². The van der Waals surface area contributed by atoms with Gasteiger partial charge >= 0.3 is 5.97 Å². The minimum atomic E-state index is -4.35. The summed E-state index contributed by atoms with van der Waals surface area (Å²) in [4.78, 5) is 35.5. The zero-order valence-electron chi connectivity index (χ0n) is 24.4. The van der Waals surface area contributed by atoms with Crippen LogP contribution in [0.4, 0.5) is 0 Å². The van der Waals surface area contributed by atoms with E-state index in [9.17, 15) is 18.0 Å². The van der Waals surface area contributed by atoms with Gasteiger partial charge in [-0.3, -0.25) is 19.6 Å². The maximum absolute atomic E-state index is 14.1. The topological polar surface area (TPSA) is 128 Å². The number of esters is 1. The van der Waals surface area contributed by atoms with Crippen molar-refractivity contribution in [1.82, 2.24) is 19.6 Å². The number of rotatable bonds is 15. The van der Waals surface area contributed by atoms with Crippen molar-refractivity contribution < 1.29 is 27.5 Å². The Morgan fingerprint density at radius 2 is 1.48 bits per heavy atom. The summed E-state index contributed by atoms with van der Waals surface area (Å²) in [5, 5.41) is 2.88. The lowest BCUT2D eigenvalue weighted by Crippen LogP contribution is -2.50. The molecule has 0 spiro atoms. The highest BCUT2D eigenvalue weighted by Gasteiger charge is 2.38. The van der Waals surface area contributed by atoms with Crippen molar-refractivity contribution in [3.8, 4) is 5.75 Å². The number of aromatic nitrogens is 2. The van der Waals surface area contributed by atoms with Crippen LogP contribution in [0.15, 0.2) is 108 Å². The van der Waals surface area contributed by atoms with E-state index >= 15 is 0 Å². The van der Waals surface area contributed by atoms with Crippen molar-refractivity contribution in [2.24, 2.45) is 0 Å². The molecule has 10 nitrogen and oxygen atoms in total. The summed E-state index contributed by atoms with van der Waals surface area (Å²) in [6.45, 7) is -0.645. The number of benzene rings is 2. The Kier molecular flexibility index (Phi) is 11.9. The molecule has 12 heteroatoms. The van der Waals surface area contributed by atoms with E-state index in [0.29, 0.717) is 28.6 Å². The number of amides is 1. The highest BCUT2D eigenvalue weighted by Crippen LogP contribution is 2.25. The molecule has 2 aromatic carbocycles. The Balaban J connectivity index is 1.63. The SMILES string of the molecule is COC(=O)C(CCSCc1ccccc1)N(CC(=O)NC(c1ccccn1)c1ccccn1)S(=O)(=O)c1ccc(OC)cc1. The third kappa shape index (κ3) is 8.65. The third-order valence-electron chi connectivity index (χ3n) is 6.71. The second-order valence-electron chi connectivity index (χ2n) is 9.60. The number of methoxy groups -OCH3 is 2. The molecular weight excluding hydrogens is 601 g/mol. The molecular formula is C32H34N4O6S2. The number of pyridine rings is 2. The fraction of sp³-hybridized carbons (Fsp3) is 0.250. The number of hydrogen-bond donors (Lipinski definition) is 1. The molecule has 230 valence electrons. The maximum Gasteiger partial charge on any atom is 0.324 e. The fourth-order valence-electron chi connectivity index (χ4n) is 4.46. The first kappa shape index (κ1) is 32.6. The number of carbonyl (C=O) groups is 2. The van der Waals surface area contributed by atoms with Crippen LogP contribution >= 0.6 is 11.8 Å². The molecule has 0 aliphatic heterocycles. The van der Waals surface area contributed by atoms with E-state index in [0.717, 1.165) is 9.87 Å². The molecule has 1 atom stereocenters. The van der Waals surface area contributed by atoms with Gasteiger partial charge in [-0.1, -0.05) is 42.5 Å². The normalized spacial score (nSPS) is 12.1. The summed E-state index contributed by atoms with van der Waals surface area (Å²) in [5.74, 6) is 0.171. The van der Waals surface area contributed by atoms with E-state index in [4.69, 9.17) is 9.47 Å². The summed E-state index contributed by atoms with van der Waals surface area (Å²) in [6.07, 6.45) is 3.31. The minimum absolute atomic E-state index is 0.0945. The van der Waals surface area contributed by atoms with Gasteiger partial charge in [0, 0.05) is 18.1 Å². The Morgan fingerprint density at radius 1 is 0.864 bits per heavy atom. The van der Waals surface area contributed by atoms with Crippen LogP contribution in [0, 0.1) is 0 Å². The first-order valence-electron chi connectivity index (χ1n) is 13.8. The van der Waals surface area contributed by atoms with Crippen molar-refractivity contribution in [2.45, 2.75) is 29.2 Å². The lowest BCUT2D eigenvalue weighted by atomic mass is 10.1. The maximum atomic E-state index is 14.1. The molecule has 0 radical (unpaired) electrons. The molecule has 0 saturated carbocycles.